The molecule has 0 radical (unpaired) electrons. The van der Waals surface area contributed by atoms with Crippen molar-refractivity contribution in [2.24, 2.45) is 0 Å². The first-order valence-electron chi connectivity index (χ1n) is 28.2. The molecule has 1 aliphatic rings. The Labute approximate surface area is 470 Å². The van der Waals surface area contributed by atoms with Crippen molar-refractivity contribution in [3.63, 3.8) is 0 Å². The maximum absolute atomic E-state index is 11.9. The fourth-order valence-electron chi connectivity index (χ4n) is 6.80. The number of rotatable bonds is 5. The molecule has 77 heavy (non-hydrogen) atoms. The van der Waals surface area contributed by atoms with Crippen LogP contribution in [0.1, 0.15) is 190 Å². The smallest absolute Gasteiger partial charge is 0.194 e. The summed E-state index contributed by atoms with van der Waals surface area (Å²) in [5.41, 5.74) is 12.7. The van der Waals surface area contributed by atoms with Crippen molar-refractivity contribution in [3.8, 4) is 33.4 Å². The van der Waals surface area contributed by atoms with Crippen molar-refractivity contribution >= 4 is 23.1 Å². The Morgan fingerprint density at radius 2 is 0.468 bits per heavy atom. The van der Waals surface area contributed by atoms with Crippen LogP contribution in [-0.4, -0.2) is 23.1 Å². The van der Waals surface area contributed by atoms with Gasteiger partial charge in [0, 0.05) is 27.8 Å². The molecular weight excluding hydrogens is 941 g/mol. The number of aryl methyl sites for hydroxylation is 2. The Balaban J connectivity index is -0.000000411. The topological polar surface area (TPSA) is 68.3 Å². The molecule has 0 N–H and O–H groups in total. The van der Waals surface area contributed by atoms with Crippen LogP contribution in [0.5, 0.6) is 0 Å². The van der Waals surface area contributed by atoms with Gasteiger partial charge in [0.25, 0.3) is 0 Å². The van der Waals surface area contributed by atoms with E-state index in [0.29, 0.717) is 0 Å². The van der Waals surface area contributed by atoms with E-state index in [-0.39, 0.29) is 23.1 Å². The highest BCUT2D eigenvalue weighted by atomic mass is 16.1. The van der Waals surface area contributed by atoms with Crippen LogP contribution in [0.15, 0.2) is 212 Å². The summed E-state index contributed by atoms with van der Waals surface area (Å²) in [5, 5.41) is 0. The third-order valence-corrected chi connectivity index (χ3v) is 9.88. The molecule has 0 aliphatic heterocycles. The second-order valence-electron chi connectivity index (χ2n) is 14.4. The van der Waals surface area contributed by atoms with Gasteiger partial charge in [-0.25, -0.2) is 0 Å². The van der Waals surface area contributed by atoms with Crippen molar-refractivity contribution in [2.45, 2.75) is 145 Å². The quantitative estimate of drug-likeness (QED) is 0.161. The van der Waals surface area contributed by atoms with Crippen LogP contribution < -0.4 is 0 Å². The molecule has 0 saturated heterocycles. The largest absolute Gasteiger partial charge is 0.295 e. The summed E-state index contributed by atoms with van der Waals surface area (Å²) in [7, 11) is 0. The highest BCUT2D eigenvalue weighted by Gasteiger charge is 2.25. The Morgan fingerprint density at radius 1 is 0.247 bits per heavy atom. The predicted molar refractivity (Wildman–Crippen MR) is 342 cm³/mol. The van der Waals surface area contributed by atoms with Gasteiger partial charge in [-0.05, 0) is 73.6 Å². The monoisotopic (exact) mass is 1040 g/mol. The number of hydrogen-bond acceptors (Lipinski definition) is 4. The summed E-state index contributed by atoms with van der Waals surface area (Å²) < 4.78 is 0. The molecule has 4 nitrogen and oxygen atoms in total. The lowest BCUT2D eigenvalue weighted by molar-refractivity contribution is 0.100. The van der Waals surface area contributed by atoms with Gasteiger partial charge in [-0.2, -0.15) is 0 Å². The molecule has 0 bridgehead atoms. The molecule has 0 heterocycles. The van der Waals surface area contributed by atoms with E-state index in [0.717, 1.165) is 66.8 Å². The van der Waals surface area contributed by atoms with Gasteiger partial charge in [0.1, 0.15) is 0 Å². The Bertz CT molecular complexity index is 2560. The van der Waals surface area contributed by atoms with Gasteiger partial charge in [-0.1, -0.05) is 329 Å². The minimum absolute atomic E-state index is 0.106. The molecule has 0 amide bonds. The van der Waals surface area contributed by atoms with Gasteiger partial charge < -0.3 is 0 Å². The van der Waals surface area contributed by atoms with E-state index in [1.165, 1.54) is 5.56 Å². The van der Waals surface area contributed by atoms with Crippen LogP contribution in [0.25, 0.3) is 33.4 Å². The second-order valence-corrected chi connectivity index (χ2v) is 14.4. The predicted octanol–water partition coefficient (Wildman–Crippen LogP) is 22.4. The van der Waals surface area contributed by atoms with Gasteiger partial charge in [0.15, 0.2) is 23.1 Å². The number of benzene rings is 8. The Hall–Kier alpha value is -7.56. The Morgan fingerprint density at radius 3 is 0.714 bits per heavy atom. The average molecular weight is 1040 g/mol. The van der Waals surface area contributed by atoms with Crippen LogP contribution in [0, 0.1) is 13.8 Å². The first kappa shape index (κ1) is 76.0. The molecule has 9 rings (SSSR count). The SMILES string of the molecule is CC.CC.CC.CC.CC.CC.CC.CC.CC(=O)c1ccccc1-c1ccccc1.CC(=O)c1ccccc1-c1ccccc1.CC(=O)c1ccccc1C.Cc1ccccc1.O=C1c2ccccc2-c2ccccc21. The minimum atomic E-state index is 0.106. The summed E-state index contributed by atoms with van der Waals surface area (Å²) in [6.07, 6.45) is 0. The number of hydrogen-bond donors (Lipinski definition) is 0. The molecule has 0 saturated carbocycles. The van der Waals surface area contributed by atoms with Gasteiger partial charge in [-0.15, -0.1) is 0 Å². The molecule has 8 aromatic rings. The van der Waals surface area contributed by atoms with Gasteiger partial charge in [0.05, 0.1) is 0 Å². The maximum Gasteiger partial charge on any atom is 0.194 e. The van der Waals surface area contributed by atoms with E-state index in [1.807, 2.05) is 318 Å². The lowest BCUT2D eigenvalue weighted by Gasteiger charge is -2.06. The molecule has 0 atom stereocenters. The van der Waals surface area contributed by atoms with Gasteiger partial charge >= 0.3 is 0 Å². The standard InChI is InChI=1S/2C14H12O.C13H8O.C9H10O.C7H8.8C2H6/c2*1-11(15)13-9-5-6-10-14(13)12-7-3-2-4-8-12;14-13-11-7-3-1-5-9(11)10-6-2-4-8-12(10)13;1-7-5-3-4-6-9(7)8(2)10;1-7-5-3-2-4-6-7;8*1-2/h2*2-10H,1H3;1-8H;3-6H,1-2H3;2-6H,1H3;8*1-2H3. The van der Waals surface area contributed by atoms with Crippen molar-refractivity contribution in [1.82, 2.24) is 0 Å². The molecule has 0 fully saturated rings. The Kier molecular flexibility index (Phi) is 49.9. The summed E-state index contributed by atoms with van der Waals surface area (Å²) >= 11 is 0. The lowest BCUT2D eigenvalue weighted by Crippen LogP contribution is -1.95. The summed E-state index contributed by atoms with van der Waals surface area (Å²) in [4.78, 5) is 45.6. The number of fused-ring (bicyclic) bond motifs is 3. The molecule has 8 aromatic carbocycles. The molecular formula is C73H98O4. The molecule has 0 unspecified atom stereocenters. The third-order valence-electron chi connectivity index (χ3n) is 9.88. The fraction of sp³-hybridized carbons (Fsp3) is 0.288. The van der Waals surface area contributed by atoms with E-state index in [1.54, 1.807) is 20.8 Å². The van der Waals surface area contributed by atoms with E-state index in [9.17, 15) is 19.2 Å². The zero-order valence-electron chi connectivity index (χ0n) is 51.3. The van der Waals surface area contributed by atoms with Crippen molar-refractivity contribution in [3.05, 3.63) is 251 Å². The number of carbonyl (C=O) groups is 4. The molecule has 0 aromatic heterocycles. The second kappa shape index (κ2) is 50.6. The zero-order chi connectivity index (χ0) is 59.6. The number of carbonyl (C=O) groups excluding carboxylic acids is 4. The highest BCUT2D eigenvalue weighted by Crippen LogP contribution is 2.35. The van der Waals surface area contributed by atoms with Crippen LogP contribution in [-0.2, 0) is 0 Å². The van der Waals surface area contributed by atoms with E-state index >= 15 is 0 Å². The molecule has 414 valence electrons. The minimum Gasteiger partial charge on any atom is -0.295 e. The van der Waals surface area contributed by atoms with Crippen LogP contribution in [0.3, 0.4) is 0 Å². The first-order chi connectivity index (χ1) is 37.6. The van der Waals surface area contributed by atoms with Gasteiger partial charge in [-0.3, -0.25) is 19.2 Å². The van der Waals surface area contributed by atoms with Gasteiger partial charge in [0.2, 0.25) is 0 Å². The van der Waals surface area contributed by atoms with Crippen LogP contribution >= 0.6 is 0 Å². The molecule has 4 heteroatoms. The van der Waals surface area contributed by atoms with Crippen molar-refractivity contribution in [2.75, 3.05) is 0 Å². The first-order valence-corrected chi connectivity index (χ1v) is 28.2. The van der Waals surface area contributed by atoms with Crippen molar-refractivity contribution in [1.29, 1.82) is 0 Å². The highest BCUT2D eigenvalue weighted by molar-refractivity contribution is 6.21. The van der Waals surface area contributed by atoms with Crippen LogP contribution in [0.4, 0.5) is 0 Å². The van der Waals surface area contributed by atoms with E-state index < -0.39 is 0 Å². The van der Waals surface area contributed by atoms with E-state index in [4.69, 9.17) is 0 Å². The lowest BCUT2D eigenvalue weighted by atomic mass is 9.98. The number of ketones is 4. The third kappa shape index (κ3) is 28.2. The zero-order valence-corrected chi connectivity index (χ0v) is 51.3. The summed E-state index contributed by atoms with van der Waals surface area (Å²) in [5.74, 6) is 0.498. The van der Waals surface area contributed by atoms with Crippen LogP contribution in [0.2, 0.25) is 0 Å². The van der Waals surface area contributed by atoms with E-state index in [2.05, 4.69) is 19.1 Å². The molecule has 1 aliphatic carbocycles. The number of Topliss-reactive ketones (excluding diaryl/α,β-unsaturated/α-hetero) is 3. The fourth-order valence-corrected chi connectivity index (χ4v) is 6.80. The normalized spacial score (nSPS) is 8.77. The van der Waals surface area contributed by atoms with Crippen molar-refractivity contribution < 1.29 is 19.2 Å². The summed E-state index contributed by atoms with van der Waals surface area (Å²) in [6.45, 7) is 40.8. The molecule has 0 spiro atoms. The summed E-state index contributed by atoms with van der Waals surface area (Å²) in [6, 6.07) is 68.7. The average Bonchev–Trinajstić information content (AvgIpc) is 3.81. The maximum atomic E-state index is 11.9.